The predicted octanol–water partition coefficient (Wildman–Crippen LogP) is 8.00. The molecule has 5 aromatic rings. The average molecular weight is 806 g/mol. The average Bonchev–Trinajstić information content (AvgIpc) is 3.54. The Hall–Kier alpha value is -4.04. The summed E-state index contributed by atoms with van der Waals surface area (Å²) < 4.78 is 77.0. The minimum absolute atomic E-state index is 0. The first-order valence-electron chi connectivity index (χ1n) is 13.5. The van der Waals surface area contributed by atoms with Gasteiger partial charge in [0, 0.05) is 11.1 Å². The number of halogens is 6. The molecular weight excluding hydrogens is 778 g/mol. The second-order valence-corrected chi connectivity index (χ2v) is 15.6. The number of rotatable bonds is 9. The topological polar surface area (TPSA) is 153 Å². The molecule has 0 aliphatic rings. The Bertz CT molecular complexity index is 2260. The van der Waals surface area contributed by atoms with Crippen molar-refractivity contribution < 1.29 is 25.6 Å². The molecule has 4 aromatic carbocycles. The fraction of sp³-hybridized carbons (Fsp3) is 0.161. The van der Waals surface area contributed by atoms with E-state index in [2.05, 4.69) is 20.6 Å². The largest absolute Gasteiger partial charge is 0.263 e. The number of nitrogens with zero attached hydrogens (tertiary/aromatic N) is 6. The summed E-state index contributed by atoms with van der Waals surface area (Å²) in [5.41, 5.74) is 2.68. The van der Waals surface area contributed by atoms with Gasteiger partial charge in [0.2, 0.25) is 20.0 Å². The SMILES string of the molecule is C.CS(=O)(=O)N(CC#N)c1ccc(-c2ccc(Cl)c(F)c2)c(Cl)c1.CS(=O)(=O)N(Cc1nn[nH]n1)c1ccc(-c2ccc(Cl)c(F)c2)c(Cl)c1. The van der Waals surface area contributed by atoms with Crippen LogP contribution in [0.3, 0.4) is 0 Å². The Morgan fingerprint density at radius 1 is 0.720 bits per heavy atom. The van der Waals surface area contributed by atoms with Crippen molar-refractivity contribution in [3.63, 3.8) is 0 Å². The number of aromatic nitrogens is 4. The van der Waals surface area contributed by atoms with E-state index in [4.69, 9.17) is 51.7 Å². The van der Waals surface area contributed by atoms with Gasteiger partial charge in [0.15, 0.2) is 5.82 Å². The first kappa shape index (κ1) is 40.4. The molecule has 1 heterocycles. The quantitative estimate of drug-likeness (QED) is 0.147. The summed E-state index contributed by atoms with van der Waals surface area (Å²) in [6.07, 6.45) is 2.06. The monoisotopic (exact) mass is 803 g/mol. The van der Waals surface area contributed by atoms with E-state index in [9.17, 15) is 25.6 Å². The zero-order valence-corrected chi connectivity index (χ0v) is 29.9. The van der Waals surface area contributed by atoms with E-state index in [1.165, 1.54) is 42.5 Å². The Balaban J connectivity index is 0.000000267. The van der Waals surface area contributed by atoms with Crippen molar-refractivity contribution >= 4 is 77.8 Å². The Labute approximate surface area is 308 Å². The van der Waals surface area contributed by atoms with Gasteiger partial charge in [-0.3, -0.25) is 8.61 Å². The van der Waals surface area contributed by atoms with Gasteiger partial charge in [0.05, 0.1) is 56.6 Å². The van der Waals surface area contributed by atoms with E-state index >= 15 is 0 Å². The number of nitriles is 1. The number of nitrogens with one attached hydrogen (secondary N) is 1. The van der Waals surface area contributed by atoms with E-state index < -0.39 is 31.7 Å². The second kappa shape index (κ2) is 16.8. The lowest BCUT2D eigenvalue weighted by Gasteiger charge is -2.21. The van der Waals surface area contributed by atoms with Crippen LogP contribution in [-0.2, 0) is 26.6 Å². The van der Waals surface area contributed by atoms with Gasteiger partial charge in [-0.25, -0.2) is 25.6 Å². The van der Waals surface area contributed by atoms with E-state index in [0.717, 1.165) is 21.1 Å². The van der Waals surface area contributed by atoms with Crippen molar-refractivity contribution in [1.82, 2.24) is 20.6 Å². The van der Waals surface area contributed by atoms with Crippen LogP contribution in [0.2, 0.25) is 20.1 Å². The van der Waals surface area contributed by atoms with Crippen molar-refractivity contribution in [2.24, 2.45) is 0 Å². The van der Waals surface area contributed by atoms with Crippen LogP contribution in [0.25, 0.3) is 22.3 Å². The van der Waals surface area contributed by atoms with Gasteiger partial charge in [0.25, 0.3) is 0 Å². The van der Waals surface area contributed by atoms with Crippen molar-refractivity contribution in [1.29, 1.82) is 5.26 Å². The van der Waals surface area contributed by atoms with E-state index in [0.29, 0.717) is 27.9 Å². The molecule has 264 valence electrons. The van der Waals surface area contributed by atoms with Gasteiger partial charge in [-0.2, -0.15) is 10.5 Å². The van der Waals surface area contributed by atoms with Gasteiger partial charge in [0.1, 0.15) is 18.2 Å². The van der Waals surface area contributed by atoms with Crippen LogP contribution in [-0.4, -0.2) is 56.5 Å². The molecule has 5 rings (SSSR count). The maximum atomic E-state index is 13.7. The van der Waals surface area contributed by atoms with Gasteiger partial charge in [-0.05, 0) is 59.7 Å². The van der Waals surface area contributed by atoms with Crippen LogP contribution in [0.1, 0.15) is 13.3 Å². The number of anilines is 2. The third-order valence-electron chi connectivity index (χ3n) is 6.63. The summed E-state index contributed by atoms with van der Waals surface area (Å²) in [4.78, 5) is 0. The van der Waals surface area contributed by atoms with Crippen molar-refractivity contribution in [2.75, 3.05) is 27.7 Å². The Morgan fingerprint density at radius 3 is 1.54 bits per heavy atom. The zero-order valence-electron chi connectivity index (χ0n) is 25.2. The smallest absolute Gasteiger partial charge is 0.233 e. The molecule has 11 nitrogen and oxygen atoms in total. The lowest BCUT2D eigenvalue weighted by Crippen LogP contribution is -2.30. The molecular formula is C31H27Cl4F2N7O4S2. The van der Waals surface area contributed by atoms with Crippen molar-refractivity contribution in [3.05, 3.63) is 110 Å². The molecule has 50 heavy (non-hydrogen) atoms. The highest BCUT2D eigenvalue weighted by molar-refractivity contribution is 7.92. The summed E-state index contributed by atoms with van der Waals surface area (Å²) >= 11 is 23.8. The number of tetrazole rings is 1. The van der Waals surface area contributed by atoms with E-state index in [1.54, 1.807) is 36.4 Å². The van der Waals surface area contributed by atoms with E-state index in [-0.39, 0.29) is 52.1 Å². The van der Waals surface area contributed by atoms with Crippen molar-refractivity contribution in [3.8, 4) is 28.3 Å². The predicted molar refractivity (Wildman–Crippen MR) is 193 cm³/mol. The summed E-state index contributed by atoms with van der Waals surface area (Å²) in [6, 6.07) is 19.5. The van der Waals surface area contributed by atoms with Gasteiger partial charge < -0.3 is 0 Å². The van der Waals surface area contributed by atoms with E-state index in [1.807, 2.05) is 0 Å². The minimum atomic E-state index is -3.63. The molecule has 1 aromatic heterocycles. The summed E-state index contributed by atoms with van der Waals surface area (Å²) in [6.45, 7) is -0.440. The standard InChI is InChI=1S/C15H12Cl2FN5O2S.C15H11Cl2FN2O2S.CH4/c1-26(24,25)23(8-15-19-21-22-20-15)10-3-4-11(13(17)7-10)9-2-5-12(16)14(18)6-9;1-23(21,22)20(7-6-19)11-3-4-12(14(17)9-11)10-2-5-13(16)15(18)8-10;/h2-7H,8H2,1H3,(H,19,20,21,22);2-5,8-9H,7H2,1H3;1H4. The Kier molecular flexibility index (Phi) is 13.6. The maximum absolute atomic E-state index is 13.7. The molecule has 0 radical (unpaired) electrons. The normalized spacial score (nSPS) is 11.1. The third-order valence-corrected chi connectivity index (χ3v) is 10.2. The molecule has 0 atom stereocenters. The third kappa shape index (κ3) is 10.0. The van der Waals surface area contributed by atoms with Gasteiger partial charge in [-0.15, -0.1) is 10.2 Å². The lowest BCUT2D eigenvalue weighted by atomic mass is 10.1. The number of hydrogen-bond donors (Lipinski definition) is 1. The van der Waals surface area contributed by atoms with Crippen LogP contribution >= 0.6 is 46.4 Å². The highest BCUT2D eigenvalue weighted by atomic mass is 35.5. The number of sulfonamides is 2. The maximum Gasteiger partial charge on any atom is 0.233 e. The first-order chi connectivity index (χ1) is 23.0. The zero-order chi connectivity index (χ0) is 36.1. The molecule has 0 aliphatic carbocycles. The molecule has 1 N–H and O–H groups in total. The van der Waals surface area contributed by atoms with Crippen LogP contribution < -0.4 is 8.61 Å². The number of benzene rings is 4. The molecule has 0 amide bonds. The van der Waals surface area contributed by atoms with Crippen molar-refractivity contribution in [2.45, 2.75) is 14.0 Å². The summed E-state index contributed by atoms with van der Waals surface area (Å²) in [7, 11) is -7.24. The molecule has 19 heteroatoms. The van der Waals surface area contributed by atoms with Gasteiger partial charge >= 0.3 is 0 Å². The summed E-state index contributed by atoms with van der Waals surface area (Å²) in [5, 5.41) is 22.5. The number of H-pyrrole nitrogens is 1. The van der Waals surface area contributed by atoms with Gasteiger partial charge in [-0.1, -0.05) is 83.3 Å². The highest BCUT2D eigenvalue weighted by Crippen LogP contribution is 2.35. The lowest BCUT2D eigenvalue weighted by molar-refractivity contribution is 0.594. The molecule has 0 saturated carbocycles. The number of hydrogen-bond acceptors (Lipinski definition) is 8. The molecule has 0 fully saturated rings. The summed E-state index contributed by atoms with van der Waals surface area (Å²) in [5.74, 6) is -0.943. The second-order valence-electron chi connectivity index (χ2n) is 10.1. The van der Waals surface area contributed by atoms with Crippen LogP contribution in [0.5, 0.6) is 0 Å². The van der Waals surface area contributed by atoms with Crippen LogP contribution in [0, 0.1) is 23.0 Å². The highest BCUT2D eigenvalue weighted by Gasteiger charge is 2.22. The molecule has 0 bridgehead atoms. The number of aromatic amines is 1. The molecule has 0 unspecified atom stereocenters. The molecule has 0 saturated heterocycles. The van der Waals surface area contributed by atoms with Crippen LogP contribution in [0.4, 0.5) is 20.2 Å². The fourth-order valence-electron chi connectivity index (χ4n) is 4.36. The molecule has 0 spiro atoms. The molecule has 0 aliphatic heterocycles. The van der Waals surface area contributed by atoms with Crippen LogP contribution in [0.15, 0.2) is 72.8 Å². The minimum Gasteiger partial charge on any atom is -0.263 e. The fourth-order valence-corrected chi connectivity index (χ4v) is 6.79. The Morgan fingerprint density at radius 2 is 1.18 bits per heavy atom. The first-order valence-corrected chi connectivity index (χ1v) is 18.7.